The van der Waals surface area contributed by atoms with E-state index >= 15 is 0 Å². The molecule has 8 heteroatoms. The number of fused-ring (bicyclic) bond motifs is 1. The maximum absolute atomic E-state index is 11.7. The van der Waals surface area contributed by atoms with Crippen LogP contribution in [0.5, 0.6) is 0 Å². The Kier molecular flexibility index (Phi) is 10.7. The summed E-state index contributed by atoms with van der Waals surface area (Å²) in [6.07, 6.45) is 2.91. The summed E-state index contributed by atoms with van der Waals surface area (Å²) in [5.41, 5.74) is 3.33. The second kappa shape index (κ2) is 13.3. The number of aliphatic carboxylic acids is 1. The van der Waals surface area contributed by atoms with E-state index in [0.717, 1.165) is 50.5 Å². The van der Waals surface area contributed by atoms with Gasteiger partial charge in [0, 0.05) is 6.42 Å². The van der Waals surface area contributed by atoms with Gasteiger partial charge in [-0.2, -0.15) is 0 Å². The molecule has 12 atom stereocenters. The fourth-order valence-corrected chi connectivity index (χ4v) is 10.1. The van der Waals surface area contributed by atoms with Crippen molar-refractivity contribution in [2.45, 2.75) is 136 Å². The monoisotopic (exact) mass is 618 g/mol. The molecule has 0 aromatic carbocycles. The average Bonchev–Trinajstić information content (AvgIpc) is 2.94. The first-order valence-corrected chi connectivity index (χ1v) is 16.7. The molecule has 4 rings (SSSR count). The summed E-state index contributed by atoms with van der Waals surface area (Å²) in [7, 11) is 0. The number of ether oxygens (including phenoxy) is 2. The Labute approximate surface area is 264 Å². The fourth-order valence-electron chi connectivity index (χ4n) is 10.1. The zero-order chi connectivity index (χ0) is 32.8. The Bertz CT molecular complexity index is 1110. The summed E-state index contributed by atoms with van der Waals surface area (Å²) in [6.45, 7) is 21.8. The van der Waals surface area contributed by atoms with E-state index < -0.39 is 43.3 Å². The van der Waals surface area contributed by atoms with E-state index in [1.165, 1.54) is 11.1 Å². The molecule has 0 spiro atoms. The largest absolute Gasteiger partial charge is 0.481 e. The van der Waals surface area contributed by atoms with Crippen LogP contribution in [-0.4, -0.2) is 74.9 Å². The number of aliphatic hydroxyl groups is 4. The molecule has 8 nitrogen and oxygen atoms in total. The minimum atomic E-state index is -1.46. The number of carbonyl (C=O) groups is 1. The van der Waals surface area contributed by atoms with Gasteiger partial charge in [-0.25, -0.2) is 0 Å². The zero-order valence-electron chi connectivity index (χ0n) is 27.8. The summed E-state index contributed by atoms with van der Waals surface area (Å²) in [5.74, 6) is 0.406. The van der Waals surface area contributed by atoms with E-state index in [1.54, 1.807) is 0 Å². The summed E-state index contributed by atoms with van der Waals surface area (Å²) in [5, 5.41) is 50.5. The van der Waals surface area contributed by atoms with Crippen LogP contribution in [0.3, 0.4) is 0 Å². The first-order chi connectivity index (χ1) is 20.5. The molecular formula is C36H58O8. The number of aliphatic hydroxyl groups excluding tert-OH is 4. The maximum Gasteiger partial charge on any atom is 0.303 e. The summed E-state index contributed by atoms with van der Waals surface area (Å²) >= 11 is 0. The lowest BCUT2D eigenvalue weighted by atomic mass is 9.46. The summed E-state index contributed by atoms with van der Waals surface area (Å²) < 4.78 is 12.1. The second-order valence-electron chi connectivity index (χ2n) is 15.6. The summed E-state index contributed by atoms with van der Waals surface area (Å²) in [6, 6.07) is 0. The molecule has 0 amide bonds. The lowest BCUT2D eigenvalue weighted by molar-refractivity contribution is -0.327. The molecule has 12 unspecified atom stereocenters. The number of carboxylic acids is 1. The summed E-state index contributed by atoms with van der Waals surface area (Å²) in [4.78, 5) is 11.7. The highest BCUT2D eigenvalue weighted by Gasteiger charge is 2.58. The molecule has 1 saturated heterocycles. The van der Waals surface area contributed by atoms with Gasteiger partial charge in [0.05, 0.1) is 12.7 Å². The van der Waals surface area contributed by atoms with Crippen molar-refractivity contribution in [2.24, 2.45) is 39.9 Å². The third kappa shape index (κ3) is 6.37. The first kappa shape index (κ1) is 35.3. The minimum absolute atomic E-state index is 0.00835. The topological polar surface area (TPSA) is 137 Å². The Morgan fingerprint density at radius 2 is 1.73 bits per heavy atom. The third-order valence-corrected chi connectivity index (χ3v) is 12.7. The van der Waals surface area contributed by atoms with Gasteiger partial charge in [-0.15, -0.1) is 0 Å². The van der Waals surface area contributed by atoms with Gasteiger partial charge in [-0.3, -0.25) is 4.79 Å². The van der Waals surface area contributed by atoms with E-state index in [-0.39, 0.29) is 40.6 Å². The highest BCUT2D eigenvalue weighted by Crippen LogP contribution is 2.63. The molecule has 5 N–H and O–H groups in total. The molecule has 0 bridgehead atoms. The predicted octanol–water partition coefficient (Wildman–Crippen LogP) is 5.39. The van der Waals surface area contributed by atoms with Crippen LogP contribution in [0.25, 0.3) is 0 Å². The van der Waals surface area contributed by atoms with E-state index in [4.69, 9.17) is 9.47 Å². The Balaban J connectivity index is 1.54. The molecular weight excluding hydrogens is 560 g/mol. The Morgan fingerprint density at radius 1 is 1.07 bits per heavy atom. The van der Waals surface area contributed by atoms with Gasteiger partial charge in [-0.1, -0.05) is 63.6 Å². The van der Waals surface area contributed by atoms with Gasteiger partial charge < -0.3 is 35.0 Å². The lowest BCUT2D eigenvalue weighted by Crippen LogP contribution is -2.62. The second-order valence-corrected chi connectivity index (χ2v) is 15.6. The molecule has 1 aliphatic heterocycles. The fraction of sp³-hybridized carbons (Fsp3) is 0.806. The van der Waals surface area contributed by atoms with Crippen LogP contribution in [-0.2, 0) is 14.3 Å². The maximum atomic E-state index is 11.7. The van der Waals surface area contributed by atoms with Crippen molar-refractivity contribution in [3.63, 3.8) is 0 Å². The number of hydrogen-bond acceptors (Lipinski definition) is 7. The number of allylic oxidation sites excluding steroid dienone is 4. The first-order valence-electron chi connectivity index (χ1n) is 16.7. The van der Waals surface area contributed by atoms with Crippen molar-refractivity contribution in [3.05, 3.63) is 36.0 Å². The van der Waals surface area contributed by atoms with Crippen LogP contribution in [0.1, 0.15) is 99.3 Å². The van der Waals surface area contributed by atoms with Crippen molar-refractivity contribution >= 4 is 5.97 Å². The molecule has 3 aliphatic carbocycles. The van der Waals surface area contributed by atoms with Crippen LogP contribution in [0.15, 0.2) is 36.0 Å². The quantitative estimate of drug-likeness (QED) is 0.162. The van der Waals surface area contributed by atoms with Gasteiger partial charge in [0.15, 0.2) is 6.29 Å². The van der Waals surface area contributed by atoms with Gasteiger partial charge in [0.2, 0.25) is 0 Å². The standard InChI is InChI=1S/C36H58O8/c1-20(2)23-11-9-21(3)24(35(23,7)18-16-29(38)39)12-13-25-22(4)10-14-27-34(5,6)28(15-17-36(25,27)8)44-33-32(42)31(41)30(40)26(19-37)43-33/h9,23-28,30-33,37,40-42H,1,4,10-19H2,2-3,5-8H3,(H,38,39). The number of rotatable bonds is 10. The van der Waals surface area contributed by atoms with Crippen molar-refractivity contribution < 1.29 is 39.8 Å². The molecule has 44 heavy (non-hydrogen) atoms. The average molecular weight is 619 g/mol. The van der Waals surface area contributed by atoms with Crippen LogP contribution >= 0.6 is 0 Å². The predicted molar refractivity (Wildman–Crippen MR) is 169 cm³/mol. The van der Waals surface area contributed by atoms with Crippen LogP contribution in [0, 0.1) is 39.9 Å². The smallest absolute Gasteiger partial charge is 0.303 e. The molecule has 1 heterocycles. The molecule has 4 aliphatic rings. The molecule has 0 aromatic rings. The molecule has 0 aromatic heterocycles. The van der Waals surface area contributed by atoms with Gasteiger partial charge >= 0.3 is 5.97 Å². The zero-order valence-corrected chi connectivity index (χ0v) is 27.8. The molecule has 0 radical (unpaired) electrons. The van der Waals surface area contributed by atoms with Gasteiger partial charge in [0.25, 0.3) is 0 Å². The number of hydrogen-bond donors (Lipinski definition) is 5. The lowest BCUT2D eigenvalue weighted by Gasteiger charge is -2.61. The Morgan fingerprint density at radius 3 is 2.34 bits per heavy atom. The molecule has 3 fully saturated rings. The van der Waals surface area contributed by atoms with Crippen LogP contribution < -0.4 is 0 Å². The third-order valence-electron chi connectivity index (χ3n) is 12.7. The van der Waals surface area contributed by atoms with E-state index in [1.807, 2.05) is 0 Å². The van der Waals surface area contributed by atoms with Gasteiger partial charge in [0.1, 0.15) is 24.4 Å². The van der Waals surface area contributed by atoms with E-state index in [0.29, 0.717) is 18.3 Å². The SMILES string of the molecule is C=C(C)C1CC=C(C)C(CCC2C(=C)CCC3C(C)(C)C(OC4OC(CO)C(O)C(O)C4O)CCC23C)C1(C)CCC(=O)O. The van der Waals surface area contributed by atoms with Crippen molar-refractivity contribution in [1.82, 2.24) is 0 Å². The van der Waals surface area contributed by atoms with Crippen LogP contribution in [0.4, 0.5) is 0 Å². The van der Waals surface area contributed by atoms with Crippen LogP contribution in [0.2, 0.25) is 0 Å². The Hall–Kier alpha value is -1.55. The number of carboxylic acid groups (broad SMARTS) is 1. The minimum Gasteiger partial charge on any atom is -0.481 e. The normalized spacial score (nSPS) is 44.0. The van der Waals surface area contributed by atoms with Crippen molar-refractivity contribution in [2.75, 3.05) is 6.61 Å². The molecule has 250 valence electrons. The van der Waals surface area contributed by atoms with Gasteiger partial charge in [-0.05, 0) is 105 Å². The highest BCUT2D eigenvalue weighted by molar-refractivity contribution is 5.66. The van der Waals surface area contributed by atoms with E-state index in [9.17, 15) is 30.3 Å². The van der Waals surface area contributed by atoms with Crippen molar-refractivity contribution in [1.29, 1.82) is 0 Å². The highest BCUT2D eigenvalue weighted by atomic mass is 16.7. The van der Waals surface area contributed by atoms with Crippen molar-refractivity contribution in [3.8, 4) is 0 Å². The molecule has 2 saturated carbocycles. The van der Waals surface area contributed by atoms with E-state index in [2.05, 4.69) is 60.8 Å².